The number of ether oxygens (including phenoxy) is 1. The predicted octanol–water partition coefficient (Wildman–Crippen LogP) is 3.75. The number of aromatic nitrogens is 2. The number of hydrogen-bond acceptors (Lipinski definition) is 8. The van der Waals surface area contributed by atoms with Crippen LogP contribution in [0, 0.1) is 0 Å². The third-order valence-corrected chi connectivity index (χ3v) is 7.53. The lowest BCUT2D eigenvalue weighted by Crippen LogP contribution is -2.37. The minimum Gasteiger partial charge on any atom is -0.484 e. The molecule has 5 rings (SSSR count). The second-order valence-electron chi connectivity index (χ2n) is 10.4. The number of nitrogens with zero attached hydrogens (tertiary/aromatic N) is 3. The highest BCUT2D eigenvalue weighted by Crippen LogP contribution is 2.30. The molecule has 2 aromatic carbocycles. The molecule has 9 heteroatoms. The van der Waals surface area contributed by atoms with Crippen molar-refractivity contribution in [1.82, 2.24) is 31.0 Å². The Morgan fingerprint density at radius 2 is 1.87 bits per heavy atom. The fourth-order valence-corrected chi connectivity index (χ4v) is 5.09. The highest BCUT2D eigenvalue weighted by Gasteiger charge is 2.22. The van der Waals surface area contributed by atoms with Crippen molar-refractivity contribution in [1.29, 1.82) is 0 Å². The van der Waals surface area contributed by atoms with Gasteiger partial charge in [-0.3, -0.25) is 15.6 Å². The molecular formula is C30H39N7O2. The number of anilines is 2. The summed E-state index contributed by atoms with van der Waals surface area (Å²) in [5.41, 5.74) is 11.8. The number of fused-ring (bicyclic) bond motifs is 1. The first-order valence-corrected chi connectivity index (χ1v) is 14.0. The van der Waals surface area contributed by atoms with Gasteiger partial charge in [-0.25, -0.2) is 9.97 Å². The van der Waals surface area contributed by atoms with Crippen molar-refractivity contribution in [3.63, 3.8) is 0 Å². The van der Waals surface area contributed by atoms with E-state index in [1.807, 2.05) is 24.3 Å². The van der Waals surface area contributed by atoms with Gasteiger partial charge in [0.15, 0.2) is 12.4 Å². The number of amides is 1. The van der Waals surface area contributed by atoms with Crippen LogP contribution in [-0.2, 0) is 17.8 Å². The zero-order chi connectivity index (χ0) is 27.2. The Labute approximate surface area is 230 Å². The van der Waals surface area contributed by atoms with Crippen LogP contribution in [0.2, 0.25) is 0 Å². The minimum atomic E-state index is -0.110. The fourth-order valence-electron chi connectivity index (χ4n) is 5.09. The Balaban J connectivity index is 1.36. The first kappa shape index (κ1) is 27.1. The SMILES string of the molecule is CCC(CC)NC(=O)COc1cccc(-c2nc3c(c(Nc4ccc(C5CNNC5)cc4)n2)CN(C)CC3)c1. The molecule has 4 N–H and O–H groups in total. The van der Waals surface area contributed by atoms with E-state index < -0.39 is 0 Å². The average molecular weight is 530 g/mol. The summed E-state index contributed by atoms with van der Waals surface area (Å²) in [6, 6.07) is 16.4. The molecule has 1 saturated heterocycles. The minimum absolute atomic E-state index is 0.0207. The molecule has 2 aliphatic rings. The summed E-state index contributed by atoms with van der Waals surface area (Å²) in [4.78, 5) is 24.6. The Bertz CT molecular complexity index is 1270. The van der Waals surface area contributed by atoms with Gasteiger partial charge in [0.25, 0.3) is 5.91 Å². The van der Waals surface area contributed by atoms with Gasteiger partial charge in [0.1, 0.15) is 11.6 Å². The molecule has 206 valence electrons. The fraction of sp³-hybridized carbons (Fsp3) is 0.433. The van der Waals surface area contributed by atoms with Crippen LogP contribution in [0.1, 0.15) is 49.4 Å². The van der Waals surface area contributed by atoms with E-state index in [1.165, 1.54) is 5.56 Å². The summed E-state index contributed by atoms with van der Waals surface area (Å²) in [5.74, 6) is 2.46. The van der Waals surface area contributed by atoms with E-state index in [2.05, 4.69) is 71.5 Å². The van der Waals surface area contributed by atoms with E-state index in [-0.39, 0.29) is 18.6 Å². The number of carbonyl (C=O) groups is 1. The van der Waals surface area contributed by atoms with Gasteiger partial charge in [0, 0.05) is 61.4 Å². The van der Waals surface area contributed by atoms with E-state index in [4.69, 9.17) is 14.7 Å². The van der Waals surface area contributed by atoms with Gasteiger partial charge in [-0.1, -0.05) is 38.1 Å². The van der Waals surface area contributed by atoms with Gasteiger partial charge in [-0.2, -0.15) is 0 Å². The molecule has 0 aliphatic carbocycles. The summed E-state index contributed by atoms with van der Waals surface area (Å²) >= 11 is 0. The van der Waals surface area contributed by atoms with Gasteiger partial charge in [-0.05, 0) is 49.7 Å². The molecule has 39 heavy (non-hydrogen) atoms. The number of hydrazine groups is 1. The van der Waals surface area contributed by atoms with Crippen LogP contribution >= 0.6 is 0 Å². The lowest BCUT2D eigenvalue weighted by Gasteiger charge is -2.26. The van der Waals surface area contributed by atoms with Gasteiger partial charge in [0.2, 0.25) is 0 Å². The zero-order valence-electron chi connectivity index (χ0n) is 23.1. The van der Waals surface area contributed by atoms with E-state index >= 15 is 0 Å². The molecule has 0 unspecified atom stereocenters. The molecule has 3 aromatic rings. The zero-order valence-corrected chi connectivity index (χ0v) is 23.1. The van der Waals surface area contributed by atoms with Crippen molar-refractivity contribution >= 4 is 17.4 Å². The number of nitrogens with one attached hydrogen (secondary N) is 4. The second kappa shape index (κ2) is 12.5. The van der Waals surface area contributed by atoms with Crippen molar-refractivity contribution in [3.05, 3.63) is 65.4 Å². The maximum absolute atomic E-state index is 12.3. The lowest BCUT2D eigenvalue weighted by atomic mass is 10.00. The highest BCUT2D eigenvalue weighted by molar-refractivity contribution is 5.78. The first-order chi connectivity index (χ1) is 19.0. The summed E-state index contributed by atoms with van der Waals surface area (Å²) < 4.78 is 5.83. The molecule has 0 bridgehead atoms. The molecule has 1 amide bonds. The van der Waals surface area contributed by atoms with Crippen LogP contribution in [0.25, 0.3) is 11.4 Å². The second-order valence-corrected chi connectivity index (χ2v) is 10.4. The third-order valence-electron chi connectivity index (χ3n) is 7.53. The number of carbonyl (C=O) groups excluding carboxylic acids is 1. The van der Waals surface area contributed by atoms with Crippen LogP contribution in [0.4, 0.5) is 11.5 Å². The Hall–Kier alpha value is -3.53. The topological polar surface area (TPSA) is 103 Å². The molecule has 0 radical (unpaired) electrons. The quantitative estimate of drug-likeness (QED) is 0.315. The highest BCUT2D eigenvalue weighted by atomic mass is 16.5. The molecule has 0 atom stereocenters. The summed E-state index contributed by atoms with van der Waals surface area (Å²) in [5, 5.41) is 6.58. The molecular weight excluding hydrogens is 490 g/mol. The van der Waals surface area contributed by atoms with Crippen LogP contribution in [0.5, 0.6) is 5.75 Å². The van der Waals surface area contributed by atoms with Gasteiger partial charge in [-0.15, -0.1) is 0 Å². The maximum Gasteiger partial charge on any atom is 0.258 e. The van der Waals surface area contributed by atoms with Gasteiger partial charge in [0.05, 0.1) is 5.69 Å². The maximum atomic E-state index is 12.3. The lowest BCUT2D eigenvalue weighted by molar-refractivity contribution is -0.123. The standard InChI is InChI=1S/C30H39N7O2/c1-4-23(5-2)33-28(38)19-39-25-8-6-7-21(15-25)29-35-27-13-14-37(3)18-26(27)30(36-29)34-24-11-9-20(10-12-24)22-16-31-32-17-22/h6-12,15,22-23,31-32H,4-5,13-14,16-19H2,1-3H3,(H,33,38)(H,34,35,36). The third kappa shape index (κ3) is 6.73. The molecule has 0 saturated carbocycles. The Morgan fingerprint density at radius 3 is 2.62 bits per heavy atom. The number of rotatable bonds is 10. The van der Waals surface area contributed by atoms with Crippen molar-refractivity contribution in [2.45, 2.75) is 51.6 Å². The van der Waals surface area contributed by atoms with E-state index in [0.717, 1.165) is 73.8 Å². The van der Waals surface area contributed by atoms with Crippen molar-refractivity contribution < 1.29 is 9.53 Å². The normalized spacial score (nSPS) is 15.8. The molecule has 9 nitrogen and oxygen atoms in total. The smallest absolute Gasteiger partial charge is 0.258 e. The number of hydrogen-bond donors (Lipinski definition) is 4. The molecule has 2 aliphatic heterocycles. The van der Waals surface area contributed by atoms with Crippen molar-refractivity contribution in [2.24, 2.45) is 0 Å². The Kier molecular flexibility index (Phi) is 8.71. The predicted molar refractivity (Wildman–Crippen MR) is 154 cm³/mol. The molecule has 1 fully saturated rings. The average Bonchev–Trinajstić information content (AvgIpc) is 3.51. The Morgan fingerprint density at radius 1 is 1.10 bits per heavy atom. The molecule has 3 heterocycles. The van der Waals surface area contributed by atoms with E-state index in [0.29, 0.717) is 17.5 Å². The van der Waals surface area contributed by atoms with Crippen molar-refractivity contribution in [3.8, 4) is 17.1 Å². The molecule has 0 spiro atoms. The van der Waals surface area contributed by atoms with Gasteiger partial charge < -0.3 is 20.3 Å². The van der Waals surface area contributed by atoms with E-state index in [1.54, 1.807) is 0 Å². The van der Waals surface area contributed by atoms with Crippen molar-refractivity contribution in [2.75, 3.05) is 38.6 Å². The summed E-state index contributed by atoms with van der Waals surface area (Å²) in [7, 11) is 2.12. The van der Waals surface area contributed by atoms with Crippen LogP contribution in [-0.4, -0.2) is 60.1 Å². The monoisotopic (exact) mass is 529 g/mol. The van der Waals surface area contributed by atoms with E-state index in [9.17, 15) is 4.79 Å². The van der Waals surface area contributed by atoms with Gasteiger partial charge >= 0.3 is 0 Å². The summed E-state index contributed by atoms with van der Waals surface area (Å²) in [6.45, 7) is 7.74. The first-order valence-electron chi connectivity index (χ1n) is 14.0. The van der Waals surface area contributed by atoms with Crippen LogP contribution < -0.4 is 26.2 Å². The summed E-state index contributed by atoms with van der Waals surface area (Å²) in [6.07, 6.45) is 2.67. The van der Waals surface area contributed by atoms with Crippen LogP contribution in [0.15, 0.2) is 48.5 Å². The largest absolute Gasteiger partial charge is 0.484 e. The number of likely N-dealkylation sites (N-methyl/N-ethyl adjacent to an activating group) is 1. The molecule has 1 aromatic heterocycles. The van der Waals surface area contributed by atoms with Crippen LogP contribution in [0.3, 0.4) is 0 Å². The number of benzene rings is 2.